The number of pyridine rings is 1. The number of imidazole rings is 1. The third-order valence-electron chi connectivity index (χ3n) is 4.36. The Labute approximate surface area is 166 Å². The standard InChI is InChI=1S/C20H19ClN4OS/c1-12-19(25-11-13(9-22)7-17(21)20(25)24-12)14-8-18(23-10-14)27-16-5-3-15(26-2)4-6-16/h3-8,10-11,23H,9,22H2,1-2H3. The lowest BCUT2D eigenvalue weighted by Gasteiger charge is -2.05. The van der Waals surface area contributed by atoms with Crippen molar-refractivity contribution in [2.24, 2.45) is 5.73 Å². The van der Waals surface area contributed by atoms with E-state index in [1.54, 1.807) is 18.9 Å². The second-order valence-corrected chi connectivity index (χ2v) is 7.69. The molecule has 7 heteroatoms. The van der Waals surface area contributed by atoms with Crippen LogP contribution in [-0.2, 0) is 6.54 Å². The van der Waals surface area contributed by atoms with Crippen LogP contribution in [-0.4, -0.2) is 21.5 Å². The highest BCUT2D eigenvalue weighted by Gasteiger charge is 2.15. The molecule has 0 fully saturated rings. The molecule has 0 aliphatic carbocycles. The van der Waals surface area contributed by atoms with E-state index in [1.807, 2.05) is 54.0 Å². The van der Waals surface area contributed by atoms with Crippen molar-refractivity contribution in [2.75, 3.05) is 7.11 Å². The summed E-state index contributed by atoms with van der Waals surface area (Å²) in [7, 11) is 1.67. The first-order chi connectivity index (χ1) is 13.1. The number of methoxy groups -OCH3 is 1. The van der Waals surface area contributed by atoms with Gasteiger partial charge in [0.1, 0.15) is 5.75 Å². The van der Waals surface area contributed by atoms with E-state index in [0.717, 1.165) is 43.8 Å². The first kappa shape index (κ1) is 18.0. The normalized spacial score (nSPS) is 11.3. The predicted molar refractivity (Wildman–Crippen MR) is 110 cm³/mol. The fraction of sp³-hybridized carbons (Fsp3) is 0.150. The maximum absolute atomic E-state index is 6.39. The summed E-state index contributed by atoms with van der Waals surface area (Å²) in [6, 6.07) is 12.0. The summed E-state index contributed by atoms with van der Waals surface area (Å²) in [5.41, 5.74) is 10.5. The molecule has 3 N–H and O–H groups in total. The Morgan fingerprint density at radius 2 is 2.04 bits per heavy atom. The lowest BCUT2D eigenvalue weighted by Crippen LogP contribution is -1.99. The number of fused-ring (bicyclic) bond motifs is 1. The molecule has 138 valence electrons. The first-order valence-electron chi connectivity index (χ1n) is 8.47. The van der Waals surface area contributed by atoms with Crippen molar-refractivity contribution in [3.05, 3.63) is 65.1 Å². The Bertz CT molecular complexity index is 1100. The van der Waals surface area contributed by atoms with Crippen LogP contribution >= 0.6 is 23.4 Å². The van der Waals surface area contributed by atoms with Crippen LogP contribution in [0, 0.1) is 6.92 Å². The van der Waals surface area contributed by atoms with Crippen LogP contribution in [0.3, 0.4) is 0 Å². The second-order valence-electron chi connectivity index (χ2n) is 6.17. The molecule has 0 bridgehead atoms. The molecule has 4 aromatic rings. The first-order valence-corrected chi connectivity index (χ1v) is 9.66. The third kappa shape index (κ3) is 3.43. The number of aromatic amines is 1. The molecule has 0 unspecified atom stereocenters. The highest BCUT2D eigenvalue weighted by Crippen LogP contribution is 2.34. The quantitative estimate of drug-likeness (QED) is 0.501. The highest BCUT2D eigenvalue weighted by molar-refractivity contribution is 7.99. The maximum Gasteiger partial charge on any atom is 0.156 e. The topological polar surface area (TPSA) is 68.3 Å². The van der Waals surface area contributed by atoms with Crippen LogP contribution in [0.2, 0.25) is 5.02 Å². The van der Waals surface area contributed by atoms with Crippen molar-refractivity contribution in [1.29, 1.82) is 0 Å². The average molecular weight is 399 g/mol. The fourth-order valence-corrected chi connectivity index (χ4v) is 4.17. The van der Waals surface area contributed by atoms with Crippen molar-refractivity contribution in [2.45, 2.75) is 23.4 Å². The van der Waals surface area contributed by atoms with Crippen LogP contribution in [0.15, 0.2) is 58.7 Å². The number of hydrogen-bond donors (Lipinski definition) is 2. The van der Waals surface area contributed by atoms with E-state index in [9.17, 15) is 0 Å². The minimum Gasteiger partial charge on any atom is -0.497 e. The number of nitrogens with one attached hydrogen (secondary N) is 1. The second kappa shape index (κ2) is 7.31. The van der Waals surface area contributed by atoms with Gasteiger partial charge in [-0.3, -0.25) is 4.40 Å². The Balaban J connectivity index is 1.70. The predicted octanol–water partition coefficient (Wildman–Crippen LogP) is 4.91. The van der Waals surface area contributed by atoms with E-state index in [0.29, 0.717) is 11.6 Å². The number of halogens is 1. The molecule has 0 aliphatic rings. The summed E-state index contributed by atoms with van der Waals surface area (Å²) in [5, 5.41) is 1.65. The molecular weight excluding hydrogens is 380 g/mol. The van der Waals surface area contributed by atoms with E-state index in [2.05, 4.69) is 16.0 Å². The average Bonchev–Trinajstić information content (AvgIpc) is 3.25. The van der Waals surface area contributed by atoms with Gasteiger partial charge in [0.2, 0.25) is 0 Å². The molecular formula is C20H19ClN4OS. The summed E-state index contributed by atoms with van der Waals surface area (Å²) < 4.78 is 7.23. The van der Waals surface area contributed by atoms with Gasteiger partial charge in [-0.1, -0.05) is 23.4 Å². The van der Waals surface area contributed by atoms with Crippen LogP contribution < -0.4 is 10.5 Å². The number of aryl methyl sites for hydroxylation is 1. The van der Waals surface area contributed by atoms with Gasteiger partial charge in [-0.25, -0.2) is 4.98 Å². The van der Waals surface area contributed by atoms with Gasteiger partial charge in [0.15, 0.2) is 5.65 Å². The molecule has 3 heterocycles. The Kier molecular flexibility index (Phi) is 4.86. The van der Waals surface area contributed by atoms with Gasteiger partial charge in [-0.2, -0.15) is 0 Å². The summed E-state index contributed by atoms with van der Waals surface area (Å²) in [6.07, 6.45) is 3.99. The van der Waals surface area contributed by atoms with Gasteiger partial charge in [0.25, 0.3) is 0 Å². The van der Waals surface area contributed by atoms with Crippen LogP contribution in [0.5, 0.6) is 5.75 Å². The molecule has 0 saturated heterocycles. The zero-order valence-corrected chi connectivity index (χ0v) is 16.6. The van der Waals surface area contributed by atoms with E-state index in [1.165, 1.54) is 0 Å². The zero-order chi connectivity index (χ0) is 19.0. The van der Waals surface area contributed by atoms with E-state index in [-0.39, 0.29) is 0 Å². The molecule has 27 heavy (non-hydrogen) atoms. The number of benzene rings is 1. The number of rotatable bonds is 5. The van der Waals surface area contributed by atoms with Crippen molar-refractivity contribution < 1.29 is 4.74 Å². The number of ether oxygens (including phenoxy) is 1. The largest absolute Gasteiger partial charge is 0.497 e. The van der Waals surface area contributed by atoms with Gasteiger partial charge in [-0.05, 0) is 48.9 Å². The van der Waals surface area contributed by atoms with Crippen molar-refractivity contribution in [3.63, 3.8) is 0 Å². The van der Waals surface area contributed by atoms with Gasteiger partial charge >= 0.3 is 0 Å². The summed E-state index contributed by atoms with van der Waals surface area (Å²) in [6.45, 7) is 2.42. The monoisotopic (exact) mass is 398 g/mol. The smallest absolute Gasteiger partial charge is 0.156 e. The van der Waals surface area contributed by atoms with Gasteiger partial charge in [-0.15, -0.1) is 0 Å². The van der Waals surface area contributed by atoms with E-state index < -0.39 is 0 Å². The SMILES string of the molecule is COc1ccc(Sc2cc(-c3c(C)nc4c(Cl)cc(CN)cn34)c[nH]2)cc1. The van der Waals surface area contributed by atoms with Crippen molar-refractivity contribution in [1.82, 2.24) is 14.4 Å². The van der Waals surface area contributed by atoms with Gasteiger partial charge in [0, 0.05) is 29.4 Å². The molecule has 5 nitrogen and oxygen atoms in total. The Morgan fingerprint density at radius 3 is 2.74 bits per heavy atom. The van der Waals surface area contributed by atoms with Crippen LogP contribution in [0.1, 0.15) is 11.3 Å². The van der Waals surface area contributed by atoms with Gasteiger partial charge < -0.3 is 15.5 Å². The highest BCUT2D eigenvalue weighted by atomic mass is 35.5. The molecule has 0 radical (unpaired) electrons. The zero-order valence-electron chi connectivity index (χ0n) is 15.0. The number of hydrogen-bond acceptors (Lipinski definition) is 4. The minimum atomic E-state index is 0.429. The van der Waals surface area contributed by atoms with Crippen molar-refractivity contribution >= 4 is 29.0 Å². The molecule has 0 amide bonds. The molecule has 0 atom stereocenters. The van der Waals surface area contributed by atoms with E-state index >= 15 is 0 Å². The number of nitrogens with two attached hydrogens (primary N) is 1. The van der Waals surface area contributed by atoms with Crippen molar-refractivity contribution in [3.8, 4) is 17.0 Å². The summed E-state index contributed by atoms with van der Waals surface area (Å²) in [5.74, 6) is 0.848. The third-order valence-corrected chi connectivity index (χ3v) is 5.60. The lowest BCUT2D eigenvalue weighted by molar-refractivity contribution is 0.414. The number of nitrogens with zero attached hydrogens (tertiary/aromatic N) is 2. The van der Waals surface area contributed by atoms with E-state index in [4.69, 9.17) is 22.1 Å². The molecule has 0 spiro atoms. The maximum atomic E-state index is 6.39. The molecule has 4 rings (SSSR count). The summed E-state index contributed by atoms with van der Waals surface area (Å²) >= 11 is 8.05. The Morgan fingerprint density at radius 1 is 1.26 bits per heavy atom. The number of aromatic nitrogens is 3. The summed E-state index contributed by atoms with van der Waals surface area (Å²) in [4.78, 5) is 9.10. The van der Waals surface area contributed by atoms with Crippen LogP contribution in [0.25, 0.3) is 16.9 Å². The van der Waals surface area contributed by atoms with Gasteiger partial charge in [0.05, 0.1) is 28.5 Å². The molecule has 3 aromatic heterocycles. The molecule has 1 aromatic carbocycles. The number of H-pyrrole nitrogens is 1. The molecule has 0 aliphatic heterocycles. The lowest BCUT2D eigenvalue weighted by atomic mass is 10.2. The minimum absolute atomic E-state index is 0.429. The van der Waals surface area contributed by atoms with Crippen LogP contribution in [0.4, 0.5) is 0 Å². The fourth-order valence-electron chi connectivity index (χ4n) is 3.07. The Hall–Kier alpha value is -2.41. The molecule has 0 saturated carbocycles.